The van der Waals surface area contributed by atoms with Crippen LogP contribution in [-0.2, 0) is 4.79 Å². The first kappa shape index (κ1) is 10.6. The fourth-order valence-electron chi connectivity index (χ4n) is 1.26. The van der Waals surface area contributed by atoms with Gasteiger partial charge in [0.2, 0.25) is 18.2 Å². The highest BCUT2D eigenvalue weighted by Crippen LogP contribution is 2.33. The Morgan fingerprint density at radius 1 is 1.69 bits per heavy atom. The topological polar surface area (TPSA) is 74.2 Å². The number of carbonyl (C=O) groups excluding carboxylic acids is 1. The zero-order valence-corrected chi connectivity index (χ0v) is 9.15. The number of hydrogen-bond donors (Lipinski definition) is 2. The van der Waals surface area contributed by atoms with E-state index in [0.29, 0.717) is 29.0 Å². The van der Waals surface area contributed by atoms with Crippen molar-refractivity contribution in [1.82, 2.24) is 10.2 Å². The number of rotatable bonds is 4. The predicted octanol–water partition coefficient (Wildman–Crippen LogP) is 1.99. The second-order valence-electron chi connectivity index (χ2n) is 2.93. The largest absolute Gasteiger partial charge is 0.423 e. The number of aromatic nitrogens is 2. The van der Waals surface area contributed by atoms with E-state index in [4.69, 9.17) is 16.0 Å². The molecular formula is C9H9ClN4O2. The highest BCUT2D eigenvalue weighted by Gasteiger charge is 2.16. The number of halogens is 1. The van der Waals surface area contributed by atoms with Crippen molar-refractivity contribution in [2.45, 2.75) is 0 Å². The van der Waals surface area contributed by atoms with Gasteiger partial charge in [-0.2, -0.15) is 5.10 Å². The van der Waals surface area contributed by atoms with Crippen LogP contribution in [0.2, 0.25) is 5.02 Å². The Hall–Kier alpha value is -1.95. The average Bonchev–Trinajstić information content (AvgIpc) is 2.89. The Kier molecular flexibility index (Phi) is 2.82. The summed E-state index contributed by atoms with van der Waals surface area (Å²) in [5.41, 5.74) is 0. The van der Waals surface area contributed by atoms with E-state index in [9.17, 15) is 4.79 Å². The molecule has 0 aromatic carbocycles. The summed E-state index contributed by atoms with van der Waals surface area (Å²) in [6.07, 6.45) is 2.15. The summed E-state index contributed by atoms with van der Waals surface area (Å²) in [4.78, 5) is 12.2. The van der Waals surface area contributed by atoms with Crippen molar-refractivity contribution in [1.29, 1.82) is 0 Å². The van der Waals surface area contributed by atoms with Gasteiger partial charge in [0.1, 0.15) is 10.8 Å². The quantitative estimate of drug-likeness (QED) is 0.802. The smallest absolute Gasteiger partial charge is 0.222 e. The van der Waals surface area contributed by atoms with Crippen LogP contribution in [0.25, 0.3) is 0 Å². The van der Waals surface area contributed by atoms with E-state index in [1.165, 1.54) is 11.1 Å². The van der Waals surface area contributed by atoms with Crippen LogP contribution in [0, 0.1) is 0 Å². The summed E-state index contributed by atoms with van der Waals surface area (Å²) in [5.74, 6) is 1.22. The summed E-state index contributed by atoms with van der Waals surface area (Å²) in [5, 5.41) is 9.58. The number of carbonyl (C=O) groups is 1. The maximum atomic E-state index is 11.0. The Bertz CT molecular complexity index is 480. The molecule has 0 bridgehead atoms. The summed E-state index contributed by atoms with van der Waals surface area (Å²) in [7, 11) is 1.68. The maximum Gasteiger partial charge on any atom is 0.222 e. The van der Waals surface area contributed by atoms with Crippen molar-refractivity contribution in [2.24, 2.45) is 0 Å². The maximum absolute atomic E-state index is 11.0. The fourth-order valence-corrected chi connectivity index (χ4v) is 1.48. The van der Waals surface area contributed by atoms with Crippen molar-refractivity contribution in [2.75, 3.05) is 17.3 Å². The molecule has 2 aromatic rings. The summed E-state index contributed by atoms with van der Waals surface area (Å²) < 4.78 is 5.34. The molecule has 0 fully saturated rings. The number of nitrogens with zero attached hydrogens (tertiary/aromatic N) is 2. The van der Waals surface area contributed by atoms with E-state index >= 15 is 0 Å². The van der Waals surface area contributed by atoms with Crippen molar-refractivity contribution in [3.8, 4) is 0 Å². The summed E-state index contributed by atoms with van der Waals surface area (Å²) in [6, 6.07) is 3.19. The SMILES string of the molecule is CNc1oc(N(C=O)c2ccn[nH]2)cc1Cl. The van der Waals surface area contributed by atoms with Gasteiger partial charge in [0.25, 0.3) is 0 Å². The van der Waals surface area contributed by atoms with Gasteiger partial charge < -0.3 is 9.73 Å². The first-order valence-electron chi connectivity index (χ1n) is 4.47. The number of H-pyrrole nitrogens is 1. The lowest BCUT2D eigenvalue weighted by Crippen LogP contribution is -2.13. The molecule has 0 saturated heterocycles. The van der Waals surface area contributed by atoms with E-state index in [0.717, 1.165) is 0 Å². The van der Waals surface area contributed by atoms with Gasteiger partial charge >= 0.3 is 0 Å². The van der Waals surface area contributed by atoms with Crippen LogP contribution in [0.15, 0.2) is 22.7 Å². The van der Waals surface area contributed by atoms with Gasteiger partial charge in [0, 0.05) is 19.2 Å². The van der Waals surface area contributed by atoms with E-state index < -0.39 is 0 Å². The first-order valence-corrected chi connectivity index (χ1v) is 4.85. The summed E-state index contributed by atoms with van der Waals surface area (Å²) in [6.45, 7) is 0. The molecule has 2 aromatic heterocycles. The minimum atomic E-state index is 0.314. The van der Waals surface area contributed by atoms with Gasteiger partial charge in [-0.1, -0.05) is 11.6 Å². The number of nitrogens with one attached hydrogen (secondary N) is 2. The van der Waals surface area contributed by atoms with Crippen LogP contribution in [-0.4, -0.2) is 23.7 Å². The second kappa shape index (κ2) is 4.28. The van der Waals surface area contributed by atoms with Gasteiger partial charge in [-0.15, -0.1) is 0 Å². The highest BCUT2D eigenvalue weighted by molar-refractivity contribution is 6.33. The van der Waals surface area contributed by atoms with Crippen LogP contribution in [0.1, 0.15) is 0 Å². The standard InChI is InChI=1S/C9H9ClN4O2/c1-11-9-6(10)4-8(16-9)14(5-15)7-2-3-12-13-7/h2-5,11H,1H3,(H,12,13). The molecule has 0 atom stereocenters. The lowest BCUT2D eigenvalue weighted by Gasteiger charge is -2.10. The van der Waals surface area contributed by atoms with Crippen LogP contribution >= 0.6 is 11.6 Å². The molecule has 16 heavy (non-hydrogen) atoms. The lowest BCUT2D eigenvalue weighted by molar-refractivity contribution is -0.107. The molecule has 0 unspecified atom stereocenters. The van der Waals surface area contributed by atoms with Gasteiger partial charge in [-0.25, -0.2) is 4.90 Å². The zero-order chi connectivity index (χ0) is 11.5. The number of hydrogen-bond acceptors (Lipinski definition) is 4. The number of amides is 1. The Balaban J connectivity index is 2.37. The number of anilines is 3. The van der Waals surface area contributed by atoms with Gasteiger partial charge in [0.05, 0.1) is 6.20 Å². The molecule has 6 nitrogen and oxygen atoms in total. The minimum Gasteiger partial charge on any atom is -0.423 e. The average molecular weight is 241 g/mol. The molecule has 84 valence electrons. The van der Waals surface area contributed by atoms with E-state index in [1.54, 1.807) is 19.2 Å². The molecule has 2 heterocycles. The van der Waals surface area contributed by atoms with E-state index in [2.05, 4.69) is 15.5 Å². The van der Waals surface area contributed by atoms with Crippen molar-refractivity contribution in [3.05, 3.63) is 23.4 Å². The molecule has 2 rings (SSSR count). The summed E-state index contributed by atoms with van der Waals surface area (Å²) >= 11 is 5.88. The molecule has 0 spiro atoms. The normalized spacial score (nSPS) is 10.1. The lowest BCUT2D eigenvalue weighted by atomic mass is 10.5. The van der Waals surface area contributed by atoms with Crippen molar-refractivity contribution in [3.63, 3.8) is 0 Å². The molecule has 0 radical (unpaired) electrons. The molecule has 1 amide bonds. The predicted molar refractivity (Wildman–Crippen MR) is 60.1 cm³/mol. The fraction of sp³-hybridized carbons (Fsp3) is 0.111. The van der Waals surface area contributed by atoms with Crippen molar-refractivity contribution < 1.29 is 9.21 Å². The monoisotopic (exact) mass is 240 g/mol. The Labute approximate surface area is 96.2 Å². The van der Waals surface area contributed by atoms with Crippen LogP contribution in [0.5, 0.6) is 0 Å². The number of furan rings is 1. The van der Waals surface area contributed by atoms with Gasteiger partial charge in [-0.05, 0) is 0 Å². The molecular weight excluding hydrogens is 232 g/mol. The third-order valence-corrected chi connectivity index (χ3v) is 2.27. The zero-order valence-electron chi connectivity index (χ0n) is 8.40. The third kappa shape index (κ3) is 1.74. The van der Waals surface area contributed by atoms with Crippen molar-refractivity contribution >= 4 is 35.6 Å². The molecule has 0 saturated carbocycles. The minimum absolute atomic E-state index is 0.314. The Morgan fingerprint density at radius 3 is 3.00 bits per heavy atom. The molecule has 0 aliphatic heterocycles. The molecule has 0 aliphatic carbocycles. The molecule has 7 heteroatoms. The molecule has 2 N–H and O–H groups in total. The van der Waals surface area contributed by atoms with E-state index in [1.807, 2.05) is 0 Å². The second-order valence-corrected chi connectivity index (χ2v) is 3.34. The highest BCUT2D eigenvalue weighted by atomic mass is 35.5. The van der Waals surface area contributed by atoms with Gasteiger partial charge in [0.15, 0.2) is 0 Å². The molecule has 0 aliphatic rings. The van der Waals surface area contributed by atoms with Crippen LogP contribution in [0.4, 0.5) is 17.6 Å². The third-order valence-electron chi connectivity index (χ3n) is 1.99. The Morgan fingerprint density at radius 2 is 2.50 bits per heavy atom. The van der Waals surface area contributed by atoms with Crippen LogP contribution in [0.3, 0.4) is 0 Å². The number of aromatic amines is 1. The van der Waals surface area contributed by atoms with Crippen LogP contribution < -0.4 is 10.2 Å². The van der Waals surface area contributed by atoms with Gasteiger partial charge in [-0.3, -0.25) is 9.89 Å². The van der Waals surface area contributed by atoms with E-state index in [-0.39, 0.29) is 0 Å². The first-order chi connectivity index (χ1) is 7.76.